The summed E-state index contributed by atoms with van der Waals surface area (Å²) in [5, 5.41) is 0. The zero-order valence-electron chi connectivity index (χ0n) is 9.78. The Kier molecular flexibility index (Phi) is 3.94. The molecule has 0 atom stereocenters. The zero-order valence-corrected chi connectivity index (χ0v) is 9.78. The lowest BCUT2D eigenvalue weighted by Crippen LogP contribution is -2.17. The lowest BCUT2D eigenvalue weighted by atomic mass is 10.2. The third kappa shape index (κ3) is 4.54. The summed E-state index contributed by atoms with van der Waals surface area (Å²) in [6.07, 6.45) is -4.69. The average Bonchev–Trinajstić information content (AvgIpc) is 2.36. The monoisotopic (exact) mass is 267 g/mol. The van der Waals surface area contributed by atoms with E-state index in [1.54, 1.807) is 30.3 Å². The molecule has 0 N–H and O–H groups in total. The molecule has 5 heteroatoms. The number of rotatable bonds is 4. The van der Waals surface area contributed by atoms with Crippen LogP contribution in [0.2, 0.25) is 0 Å². The van der Waals surface area contributed by atoms with E-state index in [0.717, 1.165) is 0 Å². The van der Waals surface area contributed by atoms with Gasteiger partial charge >= 0.3 is 6.36 Å². The first-order valence-corrected chi connectivity index (χ1v) is 5.46. The van der Waals surface area contributed by atoms with Crippen LogP contribution in [0.25, 0.3) is 0 Å². The van der Waals surface area contributed by atoms with Crippen LogP contribution >= 0.6 is 0 Å². The summed E-state index contributed by atoms with van der Waals surface area (Å²) in [6.45, 7) is 0.166. The van der Waals surface area contributed by atoms with E-state index in [1.807, 2.05) is 0 Å². The number of halogens is 3. The van der Waals surface area contributed by atoms with Gasteiger partial charge in [0.05, 0.1) is 0 Å². The molecule has 0 amide bonds. The molecule has 2 nitrogen and oxygen atoms in total. The summed E-state index contributed by atoms with van der Waals surface area (Å²) in [6, 6.07) is 15.4. The molecule has 0 aliphatic carbocycles. The lowest BCUT2D eigenvalue weighted by Gasteiger charge is -2.10. The molecule has 0 spiro atoms. The maximum Gasteiger partial charge on any atom is 0.573 e. The van der Waals surface area contributed by atoms with E-state index in [9.17, 15) is 13.2 Å². The second kappa shape index (κ2) is 5.65. The van der Waals surface area contributed by atoms with Gasteiger partial charge < -0.3 is 9.47 Å². The molecule has 0 aliphatic rings. The second-order valence-electron chi connectivity index (χ2n) is 3.72. The minimum absolute atomic E-state index is 0.166. The van der Waals surface area contributed by atoms with E-state index >= 15 is 0 Å². The van der Waals surface area contributed by atoms with Crippen LogP contribution in [0.4, 0.5) is 13.2 Å². The highest BCUT2D eigenvalue weighted by atomic mass is 19.4. The Balaban J connectivity index is 1.99. The highest BCUT2D eigenvalue weighted by molar-refractivity contribution is 5.29. The summed E-state index contributed by atoms with van der Waals surface area (Å²) in [7, 11) is 0. The molecule has 19 heavy (non-hydrogen) atoms. The molecule has 0 fully saturated rings. The van der Waals surface area contributed by atoms with Gasteiger partial charge in [-0.15, -0.1) is 13.2 Å². The van der Waals surface area contributed by atoms with Gasteiger partial charge in [0.2, 0.25) is 0 Å². The van der Waals surface area contributed by atoms with E-state index in [4.69, 9.17) is 4.74 Å². The van der Waals surface area contributed by atoms with E-state index in [2.05, 4.69) is 10.8 Å². The van der Waals surface area contributed by atoms with Gasteiger partial charge in [-0.25, -0.2) is 0 Å². The van der Waals surface area contributed by atoms with Gasteiger partial charge in [0.25, 0.3) is 0 Å². The van der Waals surface area contributed by atoms with E-state index < -0.39 is 6.36 Å². The predicted molar refractivity (Wildman–Crippen MR) is 62.7 cm³/mol. The Morgan fingerprint density at radius 3 is 2.42 bits per heavy atom. The largest absolute Gasteiger partial charge is 0.573 e. The molecule has 99 valence electrons. The third-order valence-electron chi connectivity index (χ3n) is 2.23. The van der Waals surface area contributed by atoms with Crippen molar-refractivity contribution >= 4 is 0 Å². The van der Waals surface area contributed by atoms with Crippen LogP contribution in [-0.2, 0) is 6.61 Å². The maximum absolute atomic E-state index is 12.1. The second-order valence-corrected chi connectivity index (χ2v) is 3.72. The first-order valence-electron chi connectivity index (χ1n) is 5.46. The number of hydrogen-bond donors (Lipinski definition) is 0. The molecular weight excluding hydrogens is 257 g/mol. The molecule has 2 aromatic rings. The molecule has 0 saturated carbocycles. The fourth-order valence-electron chi connectivity index (χ4n) is 1.47. The Hall–Kier alpha value is -2.17. The van der Waals surface area contributed by atoms with E-state index in [1.165, 1.54) is 18.2 Å². The van der Waals surface area contributed by atoms with Crippen LogP contribution in [0.3, 0.4) is 0 Å². The van der Waals surface area contributed by atoms with Crippen LogP contribution < -0.4 is 9.47 Å². The Bertz CT molecular complexity index is 524. The first kappa shape index (κ1) is 13.3. The maximum atomic E-state index is 12.1. The zero-order chi connectivity index (χ0) is 13.7. The van der Waals surface area contributed by atoms with Gasteiger partial charge in [0.15, 0.2) is 0 Å². The topological polar surface area (TPSA) is 18.5 Å². The fraction of sp³-hybridized carbons (Fsp3) is 0.143. The average molecular weight is 267 g/mol. The van der Waals surface area contributed by atoms with Gasteiger partial charge in [0.1, 0.15) is 18.1 Å². The normalized spacial score (nSPS) is 11.1. The van der Waals surface area contributed by atoms with Gasteiger partial charge in [0, 0.05) is 0 Å². The summed E-state index contributed by atoms with van der Waals surface area (Å²) in [4.78, 5) is 0. The first-order chi connectivity index (χ1) is 9.03. The van der Waals surface area contributed by atoms with Crippen LogP contribution in [-0.4, -0.2) is 6.36 Å². The summed E-state index contributed by atoms with van der Waals surface area (Å²) in [5.41, 5.74) is 0.592. The van der Waals surface area contributed by atoms with E-state index in [-0.39, 0.29) is 12.4 Å². The highest BCUT2D eigenvalue weighted by Gasteiger charge is 2.31. The minimum Gasteiger partial charge on any atom is -0.489 e. The lowest BCUT2D eigenvalue weighted by molar-refractivity contribution is -0.274. The van der Waals surface area contributed by atoms with Crippen molar-refractivity contribution in [2.45, 2.75) is 13.0 Å². The van der Waals surface area contributed by atoms with Crippen molar-refractivity contribution in [2.24, 2.45) is 0 Å². The van der Waals surface area contributed by atoms with E-state index in [0.29, 0.717) is 11.3 Å². The highest BCUT2D eigenvalue weighted by Crippen LogP contribution is 2.23. The Labute approximate surface area is 108 Å². The van der Waals surface area contributed by atoms with Crippen molar-refractivity contribution in [3.8, 4) is 11.5 Å². The van der Waals surface area contributed by atoms with Crippen LogP contribution in [0, 0.1) is 6.07 Å². The SMILES string of the molecule is FC(F)(F)Oc1cccc(COc2cc[c]cc2)c1. The van der Waals surface area contributed by atoms with Gasteiger partial charge in [-0.2, -0.15) is 0 Å². The number of alkyl halides is 3. The summed E-state index contributed by atoms with van der Waals surface area (Å²) >= 11 is 0. The van der Waals surface area contributed by atoms with Crippen molar-refractivity contribution < 1.29 is 22.6 Å². The minimum atomic E-state index is -4.69. The Morgan fingerprint density at radius 2 is 1.74 bits per heavy atom. The molecular formula is C14H10F3O2. The van der Waals surface area contributed by atoms with Crippen molar-refractivity contribution in [2.75, 3.05) is 0 Å². The third-order valence-corrected chi connectivity index (χ3v) is 2.23. The Morgan fingerprint density at radius 1 is 1.00 bits per heavy atom. The summed E-state index contributed by atoms with van der Waals surface area (Å²) < 4.78 is 45.5. The standard InChI is InChI=1S/C14H10F3O2/c15-14(16,17)19-13-8-4-5-11(9-13)10-18-12-6-2-1-3-7-12/h2-9H,10H2. The fourth-order valence-corrected chi connectivity index (χ4v) is 1.47. The molecule has 0 unspecified atom stereocenters. The molecule has 2 rings (SSSR count). The number of ether oxygens (including phenoxy) is 2. The molecule has 0 saturated heterocycles. The van der Waals surface area contributed by atoms with Crippen LogP contribution in [0.5, 0.6) is 11.5 Å². The molecule has 1 radical (unpaired) electrons. The van der Waals surface area contributed by atoms with Crippen molar-refractivity contribution in [1.82, 2.24) is 0 Å². The molecule has 2 aromatic carbocycles. The van der Waals surface area contributed by atoms with Crippen molar-refractivity contribution in [1.29, 1.82) is 0 Å². The van der Waals surface area contributed by atoms with Crippen LogP contribution in [0.15, 0.2) is 48.5 Å². The van der Waals surface area contributed by atoms with Gasteiger partial charge in [-0.05, 0) is 35.9 Å². The van der Waals surface area contributed by atoms with Gasteiger partial charge in [-0.3, -0.25) is 0 Å². The molecule has 0 aromatic heterocycles. The molecule has 0 aliphatic heterocycles. The quantitative estimate of drug-likeness (QED) is 0.834. The van der Waals surface area contributed by atoms with Crippen molar-refractivity contribution in [3.05, 3.63) is 60.2 Å². The predicted octanol–water partition coefficient (Wildman–Crippen LogP) is 3.96. The van der Waals surface area contributed by atoms with Gasteiger partial charge in [-0.1, -0.05) is 24.3 Å². The number of hydrogen-bond acceptors (Lipinski definition) is 2. The number of benzene rings is 2. The van der Waals surface area contributed by atoms with Crippen molar-refractivity contribution in [3.63, 3.8) is 0 Å². The van der Waals surface area contributed by atoms with Crippen LogP contribution in [0.1, 0.15) is 5.56 Å². The smallest absolute Gasteiger partial charge is 0.489 e. The molecule has 0 bridgehead atoms. The summed E-state index contributed by atoms with van der Waals surface area (Å²) in [5.74, 6) is 0.371. The molecule has 0 heterocycles.